The highest BCUT2D eigenvalue weighted by atomic mass is 32.2. The Labute approximate surface area is 219 Å². The molecule has 0 spiro atoms. The van der Waals surface area contributed by atoms with Gasteiger partial charge in [0.25, 0.3) is 0 Å². The number of hydrogen-bond acceptors (Lipinski definition) is 7. The number of nitrogens with zero attached hydrogens (tertiary/aromatic N) is 5. The molecule has 2 aliphatic rings. The minimum atomic E-state index is -2.35. The van der Waals surface area contributed by atoms with Gasteiger partial charge in [0.1, 0.15) is 23.6 Å². The molecule has 2 bridgehead atoms. The van der Waals surface area contributed by atoms with Gasteiger partial charge in [-0.05, 0) is 70.3 Å². The predicted octanol–water partition coefficient (Wildman–Crippen LogP) is 5.48. The van der Waals surface area contributed by atoms with Crippen molar-refractivity contribution in [1.29, 1.82) is 0 Å². The third-order valence-corrected chi connectivity index (χ3v) is 10.3. The van der Waals surface area contributed by atoms with Crippen LogP contribution >= 0.6 is 0 Å². The predicted molar refractivity (Wildman–Crippen MR) is 141 cm³/mol. The molecule has 0 radical (unpaired) electrons. The molecule has 1 fully saturated rings. The maximum atomic E-state index is 14.5. The molecule has 7 nitrogen and oxygen atoms in total. The van der Waals surface area contributed by atoms with Gasteiger partial charge in [-0.15, -0.1) is 5.10 Å². The maximum Gasteiger partial charge on any atom is 0.246 e. The minimum absolute atomic E-state index is 0.107. The Morgan fingerprint density at radius 3 is 2.58 bits per heavy atom. The van der Waals surface area contributed by atoms with Crippen LogP contribution in [-0.2, 0) is 14.9 Å². The number of rotatable bonds is 5. The summed E-state index contributed by atoms with van der Waals surface area (Å²) in [5.74, 6) is 2.80. The van der Waals surface area contributed by atoms with E-state index in [1.54, 1.807) is 31.6 Å². The zero-order chi connectivity index (χ0) is 27.0. The molecular formula is C28H27F2N5O2S. The van der Waals surface area contributed by atoms with Gasteiger partial charge in [-0.1, -0.05) is 19.9 Å². The summed E-state index contributed by atoms with van der Waals surface area (Å²) in [6.07, 6.45) is 8.04. The fourth-order valence-electron chi connectivity index (χ4n) is 6.28. The van der Waals surface area contributed by atoms with Crippen molar-refractivity contribution in [3.05, 3.63) is 77.2 Å². The lowest BCUT2D eigenvalue weighted by molar-refractivity contribution is 0.242. The summed E-state index contributed by atoms with van der Waals surface area (Å²) >= 11 is 0. The van der Waals surface area contributed by atoms with Crippen molar-refractivity contribution in [2.75, 3.05) is 6.26 Å². The Morgan fingerprint density at radius 2 is 1.87 bits per heavy atom. The summed E-state index contributed by atoms with van der Waals surface area (Å²) in [4.78, 5) is 13.9. The lowest BCUT2D eigenvalue weighted by atomic mass is 9.66. The maximum absolute atomic E-state index is 14.5. The summed E-state index contributed by atoms with van der Waals surface area (Å²) in [7, 11) is -2.35. The van der Waals surface area contributed by atoms with Gasteiger partial charge < -0.3 is 4.42 Å². The number of hydrogen-bond donors (Lipinski definition) is 0. The number of fused-ring (bicyclic) bond motifs is 5. The number of halogens is 2. The highest BCUT2D eigenvalue weighted by Crippen LogP contribution is 2.69. The summed E-state index contributed by atoms with van der Waals surface area (Å²) < 4.78 is 47.2. The van der Waals surface area contributed by atoms with Gasteiger partial charge in [0.15, 0.2) is 0 Å². The van der Waals surface area contributed by atoms with Gasteiger partial charge in [0.05, 0.1) is 45.2 Å². The second kappa shape index (κ2) is 8.23. The standard InChI is InChI=1S/C28H27F2N5O2S/c1-15(38(4,5)36)22-14-37-26(33-22)21-12-31-13-23(32-21)28-10-9-17(27(28,2)3)16-11-20(34-35-25(16)28)24-18(29)7-6-8-19(24)30/h6-8,11-15,17H,4,9-10H2,1-3,5H3/t15-,17-,28-,38?/m0/s1. The molecule has 0 aliphatic heterocycles. The van der Waals surface area contributed by atoms with Crippen LogP contribution in [0.25, 0.3) is 22.8 Å². The van der Waals surface area contributed by atoms with E-state index in [4.69, 9.17) is 9.40 Å². The van der Waals surface area contributed by atoms with Gasteiger partial charge in [-0.3, -0.25) is 9.19 Å². The lowest BCUT2D eigenvalue weighted by Crippen LogP contribution is -2.38. The first-order valence-corrected chi connectivity index (χ1v) is 14.6. The van der Waals surface area contributed by atoms with E-state index in [-0.39, 0.29) is 33.7 Å². The number of aromatic nitrogens is 5. The average Bonchev–Trinajstić information content (AvgIpc) is 3.51. The molecule has 10 heteroatoms. The molecule has 6 rings (SSSR count). The zero-order valence-corrected chi connectivity index (χ0v) is 22.4. The van der Waals surface area contributed by atoms with E-state index in [1.165, 1.54) is 24.5 Å². The van der Waals surface area contributed by atoms with E-state index < -0.39 is 26.6 Å². The molecule has 1 aromatic carbocycles. The van der Waals surface area contributed by atoms with Crippen LogP contribution in [0.3, 0.4) is 0 Å². The first-order chi connectivity index (χ1) is 17.9. The SMILES string of the molecule is C=S(C)(=O)[C@@H](C)c1coc(-c2cncc([C@@]34CC[C@@H](c5cc(-c6c(F)cccc6F)nnc53)C4(C)C)n2)n1. The molecular weight excluding hydrogens is 508 g/mol. The van der Waals surface area contributed by atoms with Crippen LogP contribution in [0.1, 0.15) is 67.4 Å². The van der Waals surface area contributed by atoms with Crippen molar-refractivity contribution in [3.63, 3.8) is 0 Å². The fourth-order valence-corrected chi connectivity index (χ4v) is 6.90. The van der Waals surface area contributed by atoms with Gasteiger partial charge in [-0.2, -0.15) is 5.10 Å². The first-order valence-electron chi connectivity index (χ1n) is 12.4. The second-order valence-corrected chi connectivity index (χ2v) is 13.8. The van der Waals surface area contributed by atoms with Crippen molar-refractivity contribution < 1.29 is 17.4 Å². The fraction of sp³-hybridized carbons (Fsp3) is 0.357. The Hall–Kier alpha value is -3.53. The molecule has 0 saturated heterocycles. The van der Waals surface area contributed by atoms with E-state index in [0.29, 0.717) is 17.1 Å². The largest absolute Gasteiger partial charge is 0.443 e. The van der Waals surface area contributed by atoms with E-state index in [9.17, 15) is 13.0 Å². The molecule has 0 N–H and O–H groups in total. The zero-order valence-electron chi connectivity index (χ0n) is 21.5. The smallest absolute Gasteiger partial charge is 0.246 e. The molecule has 3 aromatic heterocycles. The lowest BCUT2D eigenvalue weighted by Gasteiger charge is -2.37. The number of oxazole rings is 1. The summed E-state index contributed by atoms with van der Waals surface area (Å²) in [6.45, 7) is 6.14. The van der Waals surface area contributed by atoms with Crippen LogP contribution in [0.15, 0.2) is 47.3 Å². The molecule has 1 saturated carbocycles. The Morgan fingerprint density at radius 1 is 1.13 bits per heavy atom. The highest BCUT2D eigenvalue weighted by Gasteiger charge is 2.65. The molecule has 0 amide bonds. The van der Waals surface area contributed by atoms with Gasteiger partial charge >= 0.3 is 0 Å². The van der Waals surface area contributed by atoms with Crippen LogP contribution in [0.5, 0.6) is 0 Å². The summed E-state index contributed by atoms with van der Waals surface area (Å²) in [6, 6.07) is 5.54. The number of benzene rings is 1. The van der Waals surface area contributed by atoms with Crippen molar-refractivity contribution in [2.45, 2.75) is 50.2 Å². The van der Waals surface area contributed by atoms with Crippen LogP contribution in [0.4, 0.5) is 8.78 Å². The van der Waals surface area contributed by atoms with E-state index in [1.807, 2.05) is 0 Å². The normalized spacial score (nSPS) is 23.7. The molecule has 1 unspecified atom stereocenters. The monoisotopic (exact) mass is 535 g/mol. The van der Waals surface area contributed by atoms with Gasteiger partial charge in [0, 0.05) is 12.5 Å². The third kappa shape index (κ3) is 3.38. The third-order valence-electron chi connectivity index (χ3n) is 8.58. The van der Waals surface area contributed by atoms with Crippen LogP contribution < -0.4 is 0 Å². The van der Waals surface area contributed by atoms with E-state index >= 15 is 0 Å². The van der Waals surface area contributed by atoms with Crippen molar-refractivity contribution in [2.24, 2.45) is 5.41 Å². The Balaban J connectivity index is 1.45. The van der Waals surface area contributed by atoms with Gasteiger partial charge in [-0.25, -0.2) is 18.7 Å². The molecule has 3 heterocycles. The van der Waals surface area contributed by atoms with Crippen molar-refractivity contribution in [3.8, 4) is 22.8 Å². The van der Waals surface area contributed by atoms with Crippen molar-refractivity contribution in [1.82, 2.24) is 25.1 Å². The summed E-state index contributed by atoms with van der Waals surface area (Å²) in [5, 5.41) is 8.47. The Bertz CT molecular complexity index is 1680. The molecule has 2 aliphatic carbocycles. The minimum Gasteiger partial charge on any atom is -0.443 e. The summed E-state index contributed by atoms with van der Waals surface area (Å²) in [5.41, 5.74) is 2.50. The van der Waals surface area contributed by atoms with Crippen molar-refractivity contribution >= 4 is 15.4 Å². The van der Waals surface area contributed by atoms with E-state index in [2.05, 4.69) is 39.9 Å². The quantitative estimate of drug-likeness (QED) is 0.313. The second-order valence-electron chi connectivity index (χ2n) is 10.9. The molecule has 4 atom stereocenters. The van der Waals surface area contributed by atoms with Crippen LogP contribution in [-0.4, -0.2) is 41.5 Å². The van der Waals surface area contributed by atoms with E-state index in [0.717, 1.165) is 24.1 Å². The Kier molecular flexibility index (Phi) is 5.37. The van der Waals surface area contributed by atoms with Crippen LogP contribution in [0.2, 0.25) is 0 Å². The average molecular weight is 536 g/mol. The molecule has 38 heavy (non-hydrogen) atoms. The van der Waals surface area contributed by atoms with Gasteiger partial charge in [0.2, 0.25) is 5.89 Å². The molecule has 196 valence electrons. The topological polar surface area (TPSA) is 94.7 Å². The molecule has 4 aromatic rings. The first kappa shape index (κ1) is 24.8. The highest BCUT2D eigenvalue weighted by molar-refractivity contribution is 7.99. The van der Waals surface area contributed by atoms with Crippen LogP contribution in [0, 0.1) is 17.0 Å².